The van der Waals surface area contributed by atoms with Crippen molar-refractivity contribution in [3.8, 4) is 0 Å². The monoisotopic (exact) mass is 403 g/mol. The lowest BCUT2D eigenvalue weighted by Crippen LogP contribution is -2.34. The van der Waals surface area contributed by atoms with Crippen molar-refractivity contribution in [2.45, 2.75) is 63.4 Å². The number of carbonyl (C=O) groups is 1. The Morgan fingerprint density at radius 2 is 1.96 bits per heavy atom. The number of nitrogens with two attached hydrogens (primary N) is 1. The Kier molecular flexibility index (Phi) is 8.07. The minimum atomic E-state index is -3.58. The van der Waals surface area contributed by atoms with Crippen LogP contribution < -0.4 is 11.1 Å². The molecule has 0 spiro atoms. The van der Waals surface area contributed by atoms with Crippen molar-refractivity contribution in [2.24, 2.45) is 11.7 Å². The van der Waals surface area contributed by atoms with Crippen LogP contribution in [0.3, 0.4) is 0 Å². The first kappa shape index (κ1) is 22.9. The molecule has 2 atom stereocenters. The van der Waals surface area contributed by atoms with Crippen molar-refractivity contribution in [3.05, 3.63) is 23.8 Å². The molecule has 1 amide bonds. The summed E-state index contributed by atoms with van der Waals surface area (Å²) in [7, 11) is -2.03. The second-order valence-electron chi connectivity index (χ2n) is 7.20. The second kappa shape index (κ2) is 9.17. The molecule has 0 radical (unpaired) electrons. The SMILES string of the molecule is Cc1ccc(S(=O)(=O)N(C)C(C)C)cc1NC(=O)C1CCCC(N)C1.Cl. The molecule has 2 unspecified atom stereocenters. The highest BCUT2D eigenvalue weighted by Crippen LogP contribution is 2.27. The van der Waals surface area contributed by atoms with E-state index in [9.17, 15) is 13.2 Å². The lowest BCUT2D eigenvalue weighted by Gasteiger charge is -2.26. The van der Waals surface area contributed by atoms with Crippen molar-refractivity contribution in [1.29, 1.82) is 0 Å². The van der Waals surface area contributed by atoms with E-state index in [0.717, 1.165) is 24.8 Å². The predicted molar refractivity (Wildman–Crippen MR) is 107 cm³/mol. The van der Waals surface area contributed by atoms with E-state index in [1.54, 1.807) is 25.2 Å². The van der Waals surface area contributed by atoms with E-state index in [1.807, 2.05) is 20.8 Å². The molecule has 148 valence electrons. The van der Waals surface area contributed by atoms with E-state index in [2.05, 4.69) is 5.32 Å². The topological polar surface area (TPSA) is 92.5 Å². The normalized spacial score (nSPS) is 20.7. The van der Waals surface area contributed by atoms with Gasteiger partial charge in [-0.05, 0) is 57.7 Å². The largest absolute Gasteiger partial charge is 0.328 e. The number of anilines is 1. The molecule has 1 aromatic carbocycles. The summed E-state index contributed by atoms with van der Waals surface area (Å²) in [5, 5.41) is 2.90. The first-order valence-electron chi connectivity index (χ1n) is 8.78. The minimum absolute atomic E-state index is 0. The van der Waals surface area contributed by atoms with Gasteiger partial charge in [-0.2, -0.15) is 4.31 Å². The van der Waals surface area contributed by atoms with Crippen molar-refractivity contribution in [2.75, 3.05) is 12.4 Å². The van der Waals surface area contributed by atoms with Crippen LogP contribution in [0.1, 0.15) is 45.1 Å². The summed E-state index contributed by atoms with van der Waals surface area (Å²) in [6.45, 7) is 5.49. The average Bonchev–Trinajstić information content (AvgIpc) is 2.55. The Morgan fingerprint density at radius 1 is 1.31 bits per heavy atom. The summed E-state index contributed by atoms with van der Waals surface area (Å²) in [5.41, 5.74) is 7.34. The lowest BCUT2D eigenvalue weighted by atomic mass is 9.85. The molecule has 0 saturated heterocycles. The smallest absolute Gasteiger partial charge is 0.243 e. The quantitative estimate of drug-likeness (QED) is 0.790. The number of carbonyl (C=O) groups excluding carboxylic acids is 1. The number of sulfonamides is 1. The van der Waals surface area contributed by atoms with Gasteiger partial charge in [0.05, 0.1) is 4.90 Å². The van der Waals surface area contributed by atoms with Gasteiger partial charge >= 0.3 is 0 Å². The molecule has 0 heterocycles. The van der Waals surface area contributed by atoms with Crippen LogP contribution in [0.2, 0.25) is 0 Å². The van der Waals surface area contributed by atoms with Crippen LogP contribution in [-0.4, -0.2) is 37.8 Å². The Balaban J connectivity index is 0.00000338. The highest BCUT2D eigenvalue weighted by atomic mass is 35.5. The van der Waals surface area contributed by atoms with Gasteiger partial charge in [-0.1, -0.05) is 12.5 Å². The number of benzene rings is 1. The molecule has 3 N–H and O–H groups in total. The Morgan fingerprint density at radius 3 is 2.54 bits per heavy atom. The van der Waals surface area contributed by atoms with Gasteiger partial charge in [-0.25, -0.2) is 8.42 Å². The van der Waals surface area contributed by atoms with E-state index >= 15 is 0 Å². The first-order valence-corrected chi connectivity index (χ1v) is 10.2. The fourth-order valence-electron chi connectivity index (χ4n) is 3.04. The van der Waals surface area contributed by atoms with Crippen molar-refractivity contribution < 1.29 is 13.2 Å². The van der Waals surface area contributed by atoms with Gasteiger partial charge in [0.25, 0.3) is 0 Å². The fraction of sp³-hybridized carbons (Fsp3) is 0.611. The molecule has 1 aliphatic carbocycles. The summed E-state index contributed by atoms with van der Waals surface area (Å²) < 4.78 is 26.7. The number of hydrogen-bond donors (Lipinski definition) is 2. The number of aryl methyl sites for hydroxylation is 1. The number of nitrogens with one attached hydrogen (secondary N) is 1. The van der Waals surface area contributed by atoms with Crippen LogP contribution in [0.5, 0.6) is 0 Å². The van der Waals surface area contributed by atoms with Crippen LogP contribution in [0, 0.1) is 12.8 Å². The summed E-state index contributed by atoms with van der Waals surface area (Å²) in [6.07, 6.45) is 3.41. The van der Waals surface area contributed by atoms with Gasteiger partial charge in [0.1, 0.15) is 0 Å². The molecule has 26 heavy (non-hydrogen) atoms. The molecule has 0 aromatic heterocycles. The third-order valence-electron chi connectivity index (χ3n) is 4.96. The van der Waals surface area contributed by atoms with Crippen LogP contribution in [-0.2, 0) is 14.8 Å². The number of nitrogens with zero attached hydrogens (tertiary/aromatic N) is 1. The zero-order valence-electron chi connectivity index (χ0n) is 15.9. The maximum Gasteiger partial charge on any atom is 0.243 e. The molecule has 8 heteroatoms. The molecule has 6 nitrogen and oxygen atoms in total. The zero-order valence-corrected chi connectivity index (χ0v) is 17.5. The molecule has 1 aliphatic rings. The van der Waals surface area contributed by atoms with E-state index < -0.39 is 10.0 Å². The summed E-state index contributed by atoms with van der Waals surface area (Å²) in [5.74, 6) is -0.188. The Labute approximate surface area is 163 Å². The molecule has 2 rings (SSSR count). The molecular formula is C18H30ClN3O3S. The van der Waals surface area contributed by atoms with Crippen LogP contribution >= 0.6 is 12.4 Å². The van der Waals surface area contributed by atoms with Gasteiger partial charge in [0, 0.05) is 30.7 Å². The number of rotatable bonds is 5. The van der Waals surface area contributed by atoms with Crippen LogP contribution in [0.25, 0.3) is 0 Å². The molecule has 0 aliphatic heterocycles. The number of hydrogen-bond acceptors (Lipinski definition) is 4. The average molecular weight is 404 g/mol. The van der Waals surface area contributed by atoms with Gasteiger partial charge in [0.2, 0.25) is 15.9 Å². The predicted octanol–water partition coefficient (Wildman–Crippen LogP) is 2.90. The maximum absolute atomic E-state index is 12.7. The standard InChI is InChI=1S/C18H29N3O3S.ClH/c1-12(2)21(4)25(23,24)16-9-8-13(3)17(11-16)20-18(22)14-6-5-7-15(19)10-14;/h8-9,11-12,14-15H,5-7,10,19H2,1-4H3,(H,20,22);1H. The minimum Gasteiger partial charge on any atom is -0.328 e. The van der Waals surface area contributed by atoms with Gasteiger partial charge in [0.15, 0.2) is 0 Å². The van der Waals surface area contributed by atoms with Gasteiger partial charge in [-0.3, -0.25) is 4.79 Å². The highest BCUT2D eigenvalue weighted by molar-refractivity contribution is 7.89. The molecule has 1 aromatic rings. The molecule has 1 fully saturated rings. The first-order chi connectivity index (χ1) is 11.6. The van der Waals surface area contributed by atoms with E-state index in [0.29, 0.717) is 12.1 Å². The van der Waals surface area contributed by atoms with Crippen LogP contribution in [0.4, 0.5) is 5.69 Å². The van der Waals surface area contributed by atoms with E-state index in [1.165, 1.54) is 4.31 Å². The molecule has 1 saturated carbocycles. The number of halogens is 1. The highest BCUT2D eigenvalue weighted by Gasteiger charge is 2.27. The molecule has 0 bridgehead atoms. The summed E-state index contributed by atoms with van der Waals surface area (Å²) >= 11 is 0. The van der Waals surface area contributed by atoms with Gasteiger partial charge in [-0.15, -0.1) is 12.4 Å². The second-order valence-corrected chi connectivity index (χ2v) is 9.20. The van der Waals surface area contributed by atoms with E-state index in [-0.39, 0.29) is 41.2 Å². The lowest BCUT2D eigenvalue weighted by molar-refractivity contribution is -0.120. The van der Waals surface area contributed by atoms with Crippen molar-refractivity contribution >= 4 is 34.0 Å². The third kappa shape index (κ3) is 5.19. The van der Waals surface area contributed by atoms with Gasteiger partial charge < -0.3 is 11.1 Å². The fourth-order valence-corrected chi connectivity index (χ4v) is 4.43. The third-order valence-corrected chi connectivity index (χ3v) is 6.99. The summed E-state index contributed by atoms with van der Waals surface area (Å²) in [6, 6.07) is 4.77. The van der Waals surface area contributed by atoms with Crippen molar-refractivity contribution in [1.82, 2.24) is 4.31 Å². The van der Waals surface area contributed by atoms with E-state index in [4.69, 9.17) is 5.73 Å². The van der Waals surface area contributed by atoms with Crippen molar-refractivity contribution in [3.63, 3.8) is 0 Å². The zero-order chi connectivity index (χ0) is 18.8. The number of amides is 1. The maximum atomic E-state index is 12.7. The summed E-state index contributed by atoms with van der Waals surface area (Å²) in [4.78, 5) is 12.7. The Hall–Kier alpha value is -1.15. The molecular weight excluding hydrogens is 374 g/mol. The Bertz CT molecular complexity index is 737. The van der Waals surface area contributed by atoms with Crippen LogP contribution in [0.15, 0.2) is 23.1 Å².